The summed E-state index contributed by atoms with van der Waals surface area (Å²) in [5.41, 5.74) is 0.741. The largest absolute Gasteiger partial charge is 0.473 e. The topological polar surface area (TPSA) is 80.0 Å². The van der Waals surface area contributed by atoms with Crippen molar-refractivity contribution in [3.8, 4) is 5.88 Å². The second-order valence-electron chi connectivity index (χ2n) is 4.61. The van der Waals surface area contributed by atoms with E-state index in [1.54, 1.807) is 16.8 Å². The molecule has 0 atom stereocenters. The Bertz CT molecular complexity index is 637. The monoisotopic (exact) mass is 340 g/mol. The molecule has 7 nitrogen and oxygen atoms in total. The van der Waals surface area contributed by atoms with Crippen molar-refractivity contribution < 1.29 is 14.6 Å². The molecule has 1 fully saturated rings. The predicted molar refractivity (Wildman–Crippen MR) is 73.9 cm³/mol. The summed E-state index contributed by atoms with van der Waals surface area (Å²) >= 11 is 3.36. The molecule has 0 aromatic carbocycles. The van der Waals surface area contributed by atoms with Gasteiger partial charge in [-0.3, -0.25) is 0 Å². The van der Waals surface area contributed by atoms with Gasteiger partial charge in [-0.2, -0.15) is 0 Å². The van der Waals surface area contributed by atoms with Gasteiger partial charge in [0.15, 0.2) is 5.65 Å². The number of carboxylic acid groups (broad SMARTS) is 1. The van der Waals surface area contributed by atoms with Crippen molar-refractivity contribution in [1.82, 2.24) is 19.5 Å². The molecular weight excluding hydrogens is 328 g/mol. The summed E-state index contributed by atoms with van der Waals surface area (Å²) < 4.78 is 8.23. The number of rotatable bonds is 2. The lowest BCUT2D eigenvalue weighted by Gasteiger charge is -2.29. The minimum Gasteiger partial charge on any atom is -0.473 e. The molecule has 20 heavy (non-hydrogen) atoms. The smallest absolute Gasteiger partial charge is 0.407 e. The number of hydrogen-bond donors (Lipinski definition) is 1. The number of piperidine rings is 1. The lowest BCUT2D eigenvalue weighted by molar-refractivity contribution is 0.0864. The first-order valence-electron chi connectivity index (χ1n) is 6.28. The second kappa shape index (κ2) is 5.28. The molecule has 3 rings (SSSR count). The van der Waals surface area contributed by atoms with E-state index in [0.29, 0.717) is 31.8 Å². The van der Waals surface area contributed by atoms with Crippen LogP contribution in [0.25, 0.3) is 5.65 Å². The zero-order chi connectivity index (χ0) is 14.1. The number of ether oxygens (including phenoxy) is 1. The fourth-order valence-corrected chi connectivity index (χ4v) is 2.59. The first kappa shape index (κ1) is 13.2. The average Bonchev–Trinajstić information content (AvgIpc) is 2.81. The maximum atomic E-state index is 10.8. The van der Waals surface area contributed by atoms with Gasteiger partial charge in [0.1, 0.15) is 10.7 Å². The Labute approximate surface area is 123 Å². The fourth-order valence-electron chi connectivity index (χ4n) is 2.23. The number of halogens is 1. The van der Waals surface area contributed by atoms with Gasteiger partial charge in [0.25, 0.3) is 0 Å². The van der Waals surface area contributed by atoms with Crippen molar-refractivity contribution in [2.45, 2.75) is 18.9 Å². The molecule has 2 aromatic heterocycles. The molecular formula is C12H13BrN4O3. The van der Waals surface area contributed by atoms with E-state index in [0.717, 1.165) is 10.3 Å². The first-order chi connectivity index (χ1) is 9.63. The molecule has 3 heterocycles. The SMILES string of the molecule is O=C(O)N1CCC(Oc2ccc3ncc(Br)n3n2)CC1. The van der Waals surface area contributed by atoms with Gasteiger partial charge >= 0.3 is 6.09 Å². The highest BCUT2D eigenvalue weighted by atomic mass is 79.9. The standard InChI is InChI=1S/C12H13BrN4O3/c13-9-7-14-10-1-2-11(15-17(9)10)20-8-3-5-16(6-4-8)12(18)19/h1-2,7-8H,3-6H2,(H,18,19). The number of carbonyl (C=O) groups is 1. The van der Waals surface area contributed by atoms with Crippen LogP contribution in [0.1, 0.15) is 12.8 Å². The van der Waals surface area contributed by atoms with Crippen molar-refractivity contribution in [2.75, 3.05) is 13.1 Å². The van der Waals surface area contributed by atoms with E-state index in [-0.39, 0.29) is 6.10 Å². The van der Waals surface area contributed by atoms with E-state index in [1.165, 1.54) is 4.90 Å². The van der Waals surface area contributed by atoms with Crippen molar-refractivity contribution in [3.05, 3.63) is 22.9 Å². The van der Waals surface area contributed by atoms with Crippen molar-refractivity contribution in [2.24, 2.45) is 0 Å². The number of aromatic nitrogens is 3. The molecule has 1 amide bonds. The lowest BCUT2D eigenvalue weighted by atomic mass is 10.1. The molecule has 0 radical (unpaired) electrons. The Morgan fingerprint density at radius 2 is 2.15 bits per heavy atom. The minimum atomic E-state index is -0.870. The van der Waals surface area contributed by atoms with Crippen LogP contribution in [-0.2, 0) is 0 Å². The Hall–Kier alpha value is -1.83. The van der Waals surface area contributed by atoms with Gasteiger partial charge in [-0.25, -0.2) is 14.3 Å². The number of nitrogens with zero attached hydrogens (tertiary/aromatic N) is 4. The van der Waals surface area contributed by atoms with Gasteiger partial charge in [0, 0.05) is 32.0 Å². The van der Waals surface area contributed by atoms with E-state index in [4.69, 9.17) is 9.84 Å². The number of likely N-dealkylation sites (tertiary alicyclic amines) is 1. The Morgan fingerprint density at radius 1 is 1.40 bits per heavy atom. The van der Waals surface area contributed by atoms with Crippen LogP contribution in [0.3, 0.4) is 0 Å². The van der Waals surface area contributed by atoms with Gasteiger partial charge in [-0.05, 0) is 22.0 Å². The molecule has 1 aliphatic rings. The van der Waals surface area contributed by atoms with Crippen LogP contribution in [-0.4, -0.2) is 49.9 Å². The van der Waals surface area contributed by atoms with Gasteiger partial charge < -0.3 is 14.7 Å². The molecule has 8 heteroatoms. The third-order valence-corrected chi connectivity index (χ3v) is 3.84. The summed E-state index contributed by atoms with van der Waals surface area (Å²) in [7, 11) is 0. The van der Waals surface area contributed by atoms with Crippen LogP contribution in [0.15, 0.2) is 22.9 Å². The summed E-state index contributed by atoms with van der Waals surface area (Å²) in [5, 5.41) is 13.2. The zero-order valence-electron chi connectivity index (χ0n) is 10.6. The third-order valence-electron chi connectivity index (χ3n) is 3.30. The molecule has 0 spiro atoms. The summed E-state index contributed by atoms with van der Waals surface area (Å²) in [4.78, 5) is 16.4. The Morgan fingerprint density at radius 3 is 2.85 bits per heavy atom. The number of hydrogen-bond acceptors (Lipinski definition) is 4. The lowest BCUT2D eigenvalue weighted by Crippen LogP contribution is -2.41. The average molecular weight is 341 g/mol. The maximum absolute atomic E-state index is 10.8. The van der Waals surface area contributed by atoms with E-state index < -0.39 is 6.09 Å². The van der Waals surface area contributed by atoms with Gasteiger partial charge in [0.05, 0.1) is 6.20 Å². The van der Waals surface area contributed by atoms with Crippen molar-refractivity contribution >= 4 is 27.7 Å². The van der Waals surface area contributed by atoms with E-state index in [9.17, 15) is 4.79 Å². The van der Waals surface area contributed by atoms with Crippen LogP contribution in [0, 0.1) is 0 Å². The predicted octanol–water partition coefficient (Wildman–Crippen LogP) is 2.01. The van der Waals surface area contributed by atoms with Crippen LogP contribution >= 0.6 is 15.9 Å². The Balaban J connectivity index is 1.68. The minimum absolute atomic E-state index is 0.00199. The third kappa shape index (κ3) is 2.55. The molecule has 0 aliphatic carbocycles. The Kier molecular flexibility index (Phi) is 3.47. The van der Waals surface area contributed by atoms with Crippen LogP contribution < -0.4 is 4.74 Å². The van der Waals surface area contributed by atoms with E-state index >= 15 is 0 Å². The molecule has 1 N–H and O–H groups in total. The highest BCUT2D eigenvalue weighted by molar-refractivity contribution is 9.10. The quantitative estimate of drug-likeness (QED) is 0.904. The molecule has 106 valence electrons. The molecule has 1 saturated heterocycles. The number of imidazole rings is 1. The summed E-state index contributed by atoms with van der Waals surface area (Å²) in [6.07, 6.45) is 2.16. The van der Waals surface area contributed by atoms with Crippen LogP contribution in [0.4, 0.5) is 4.79 Å². The van der Waals surface area contributed by atoms with Crippen LogP contribution in [0.2, 0.25) is 0 Å². The number of amides is 1. The van der Waals surface area contributed by atoms with Gasteiger partial charge in [-0.15, -0.1) is 5.10 Å². The number of fused-ring (bicyclic) bond motifs is 1. The first-order valence-corrected chi connectivity index (χ1v) is 7.07. The highest BCUT2D eigenvalue weighted by Crippen LogP contribution is 2.19. The summed E-state index contributed by atoms with van der Waals surface area (Å²) in [6.45, 7) is 0.994. The second-order valence-corrected chi connectivity index (χ2v) is 5.42. The normalized spacial score (nSPS) is 16.6. The molecule has 1 aliphatic heterocycles. The van der Waals surface area contributed by atoms with Crippen molar-refractivity contribution in [1.29, 1.82) is 0 Å². The fraction of sp³-hybridized carbons (Fsp3) is 0.417. The van der Waals surface area contributed by atoms with Crippen molar-refractivity contribution in [3.63, 3.8) is 0 Å². The molecule has 0 bridgehead atoms. The van der Waals surface area contributed by atoms with Gasteiger partial charge in [-0.1, -0.05) is 0 Å². The van der Waals surface area contributed by atoms with E-state index in [2.05, 4.69) is 26.0 Å². The maximum Gasteiger partial charge on any atom is 0.407 e. The van der Waals surface area contributed by atoms with Gasteiger partial charge in [0.2, 0.25) is 5.88 Å². The highest BCUT2D eigenvalue weighted by Gasteiger charge is 2.23. The summed E-state index contributed by atoms with van der Waals surface area (Å²) in [5.74, 6) is 0.518. The zero-order valence-corrected chi connectivity index (χ0v) is 12.2. The summed E-state index contributed by atoms with van der Waals surface area (Å²) in [6, 6.07) is 3.61. The van der Waals surface area contributed by atoms with E-state index in [1.807, 2.05) is 6.07 Å². The molecule has 0 unspecified atom stereocenters. The molecule has 0 saturated carbocycles. The van der Waals surface area contributed by atoms with Crippen LogP contribution in [0.5, 0.6) is 5.88 Å². The molecule has 2 aromatic rings.